The van der Waals surface area contributed by atoms with E-state index in [9.17, 15) is 9.59 Å². The van der Waals surface area contributed by atoms with Crippen molar-refractivity contribution in [2.75, 3.05) is 48.0 Å². The zero-order valence-electron chi connectivity index (χ0n) is 20.8. The number of benzene rings is 1. The number of nitrogens with one attached hydrogen (secondary N) is 1. The summed E-state index contributed by atoms with van der Waals surface area (Å²) in [6.07, 6.45) is 1.65. The number of fused-ring (bicyclic) bond motifs is 1. The van der Waals surface area contributed by atoms with Crippen molar-refractivity contribution in [2.24, 2.45) is 4.99 Å². The number of carbonyl (C=O) groups excluding carboxylic acids is 2. The lowest BCUT2D eigenvalue weighted by molar-refractivity contribution is -0.138. The number of amidine groups is 1. The van der Waals surface area contributed by atoms with Crippen molar-refractivity contribution in [3.8, 4) is 11.5 Å². The lowest BCUT2D eigenvalue weighted by atomic mass is 9.92. The van der Waals surface area contributed by atoms with Gasteiger partial charge in [-0.05, 0) is 44.6 Å². The highest BCUT2D eigenvalue weighted by molar-refractivity contribution is 8.16. The molecule has 0 radical (unpaired) electrons. The Bertz CT molecular complexity index is 1080. The number of esters is 1. The first-order valence-corrected chi connectivity index (χ1v) is 12.0. The lowest BCUT2D eigenvalue weighted by Crippen LogP contribution is -2.38. The Balaban J connectivity index is 2.03. The van der Waals surface area contributed by atoms with Crippen LogP contribution in [0.5, 0.6) is 11.5 Å². The van der Waals surface area contributed by atoms with Crippen LogP contribution in [0, 0.1) is 0 Å². The Morgan fingerprint density at radius 1 is 1.29 bits per heavy atom. The molecule has 2 heterocycles. The number of ether oxygens (including phenoxy) is 3. The Kier molecular flexibility index (Phi) is 9.00. The van der Waals surface area contributed by atoms with E-state index >= 15 is 0 Å². The number of rotatable bonds is 11. The number of methoxy groups -OCH3 is 2. The third kappa shape index (κ3) is 6.07. The SMILES string of the molecule is C=CCOC(=O)C1=C(C)N=C2SC=C(CC(=O)NCCN(C)C)N2C1c1cc(OC)ccc1OC. The van der Waals surface area contributed by atoms with Crippen LogP contribution in [0.25, 0.3) is 0 Å². The Morgan fingerprint density at radius 3 is 2.71 bits per heavy atom. The van der Waals surface area contributed by atoms with Crippen molar-refractivity contribution in [2.45, 2.75) is 19.4 Å². The topological polar surface area (TPSA) is 92.7 Å². The molecule has 10 heteroatoms. The zero-order valence-corrected chi connectivity index (χ0v) is 21.6. The van der Waals surface area contributed by atoms with Crippen molar-refractivity contribution < 1.29 is 23.8 Å². The molecule has 0 aromatic heterocycles. The number of likely N-dealkylation sites (N-methyl/N-ethyl adjacent to an activating group) is 1. The molecule has 0 aliphatic carbocycles. The maximum absolute atomic E-state index is 13.2. The Hall–Kier alpha value is -3.24. The zero-order chi connectivity index (χ0) is 25.5. The van der Waals surface area contributed by atoms with Crippen LogP contribution >= 0.6 is 11.8 Å². The second kappa shape index (κ2) is 11.9. The van der Waals surface area contributed by atoms with Crippen LogP contribution in [0.1, 0.15) is 24.9 Å². The summed E-state index contributed by atoms with van der Waals surface area (Å²) in [4.78, 5) is 34.5. The highest BCUT2D eigenvalue weighted by Gasteiger charge is 2.42. The van der Waals surface area contributed by atoms with E-state index in [-0.39, 0.29) is 18.9 Å². The molecule has 1 atom stereocenters. The van der Waals surface area contributed by atoms with Crippen LogP contribution in [0.15, 0.2) is 58.2 Å². The van der Waals surface area contributed by atoms with E-state index in [1.54, 1.807) is 33.3 Å². The fraction of sp³-hybridized carbons (Fsp3) is 0.400. The maximum atomic E-state index is 13.2. The van der Waals surface area contributed by atoms with Gasteiger partial charge in [0.15, 0.2) is 5.17 Å². The summed E-state index contributed by atoms with van der Waals surface area (Å²) in [5.74, 6) is 0.566. The van der Waals surface area contributed by atoms with Gasteiger partial charge in [-0.2, -0.15) is 0 Å². The first-order chi connectivity index (χ1) is 16.8. The van der Waals surface area contributed by atoms with Crippen molar-refractivity contribution in [3.05, 3.63) is 58.8 Å². The molecular weight excluding hydrogens is 468 g/mol. The minimum absolute atomic E-state index is 0.0693. The maximum Gasteiger partial charge on any atom is 0.338 e. The van der Waals surface area contributed by atoms with E-state index in [0.29, 0.717) is 40.0 Å². The average molecular weight is 501 g/mol. The summed E-state index contributed by atoms with van der Waals surface area (Å²) in [7, 11) is 7.05. The van der Waals surface area contributed by atoms with Gasteiger partial charge < -0.3 is 29.3 Å². The van der Waals surface area contributed by atoms with E-state index in [4.69, 9.17) is 14.2 Å². The van der Waals surface area contributed by atoms with Gasteiger partial charge in [0.2, 0.25) is 5.91 Å². The molecule has 2 aliphatic rings. The first kappa shape index (κ1) is 26.4. The summed E-state index contributed by atoms with van der Waals surface area (Å²) < 4.78 is 16.6. The van der Waals surface area contributed by atoms with Crippen LogP contribution in [-0.2, 0) is 14.3 Å². The molecular formula is C25H32N4O5S. The molecule has 0 saturated carbocycles. The highest BCUT2D eigenvalue weighted by atomic mass is 32.2. The molecule has 1 N–H and O–H groups in total. The lowest BCUT2D eigenvalue weighted by Gasteiger charge is -2.36. The number of allylic oxidation sites excluding steroid dienone is 1. The Morgan fingerprint density at radius 2 is 2.06 bits per heavy atom. The normalized spacial score (nSPS) is 17.0. The third-order valence-electron chi connectivity index (χ3n) is 5.51. The molecule has 1 amide bonds. The quantitative estimate of drug-likeness (QED) is 0.366. The van der Waals surface area contributed by atoms with Gasteiger partial charge in [0, 0.05) is 24.4 Å². The van der Waals surface area contributed by atoms with Crippen LogP contribution in [0.2, 0.25) is 0 Å². The smallest absolute Gasteiger partial charge is 0.338 e. The molecule has 9 nitrogen and oxygen atoms in total. The van der Waals surface area contributed by atoms with E-state index in [2.05, 4.69) is 16.9 Å². The van der Waals surface area contributed by atoms with Crippen LogP contribution in [-0.4, -0.2) is 74.9 Å². The molecule has 0 fully saturated rings. The van der Waals surface area contributed by atoms with Gasteiger partial charge in [-0.15, -0.1) is 0 Å². The molecule has 2 aliphatic heterocycles. The van der Waals surface area contributed by atoms with Gasteiger partial charge in [-0.1, -0.05) is 24.4 Å². The van der Waals surface area contributed by atoms with Crippen LogP contribution in [0.3, 0.4) is 0 Å². The average Bonchev–Trinajstić information content (AvgIpc) is 3.22. The van der Waals surface area contributed by atoms with Gasteiger partial charge in [0.25, 0.3) is 0 Å². The molecule has 0 saturated heterocycles. The molecule has 1 unspecified atom stereocenters. The van der Waals surface area contributed by atoms with Crippen molar-refractivity contribution in [1.82, 2.24) is 15.1 Å². The summed E-state index contributed by atoms with van der Waals surface area (Å²) >= 11 is 1.41. The summed E-state index contributed by atoms with van der Waals surface area (Å²) in [6.45, 7) is 6.75. The summed E-state index contributed by atoms with van der Waals surface area (Å²) in [5.41, 5.74) is 2.33. The minimum Gasteiger partial charge on any atom is -0.497 e. The van der Waals surface area contributed by atoms with E-state index in [1.807, 2.05) is 35.4 Å². The fourth-order valence-corrected chi connectivity index (χ4v) is 4.80. The van der Waals surface area contributed by atoms with E-state index in [1.165, 1.54) is 17.8 Å². The number of hydrogen-bond donors (Lipinski definition) is 1. The van der Waals surface area contributed by atoms with Gasteiger partial charge in [-0.3, -0.25) is 4.79 Å². The van der Waals surface area contributed by atoms with E-state index in [0.717, 1.165) is 12.2 Å². The Labute approximate surface area is 210 Å². The highest BCUT2D eigenvalue weighted by Crippen LogP contribution is 2.47. The second-order valence-electron chi connectivity index (χ2n) is 8.22. The second-order valence-corrected chi connectivity index (χ2v) is 9.05. The first-order valence-electron chi connectivity index (χ1n) is 11.2. The van der Waals surface area contributed by atoms with Crippen molar-refractivity contribution >= 4 is 28.8 Å². The molecule has 3 rings (SSSR count). The fourth-order valence-electron chi connectivity index (χ4n) is 3.84. The molecule has 1 aromatic rings. The van der Waals surface area contributed by atoms with Crippen molar-refractivity contribution in [1.29, 1.82) is 0 Å². The number of amides is 1. The number of carbonyl (C=O) groups is 2. The number of nitrogens with zero attached hydrogens (tertiary/aromatic N) is 3. The third-order valence-corrected chi connectivity index (χ3v) is 6.40. The predicted octanol–water partition coefficient (Wildman–Crippen LogP) is 3.08. The number of hydrogen-bond acceptors (Lipinski definition) is 9. The molecule has 0 spiro atoms. The number of thioether (sulfide) groups is 1. The predicted molar refractivity (Wildman–Crippen MR) is 137 cm³/mol. The number of aliphatic imine (C=N–C) groups is 1. The summed E-state index contributed by atoms with van der Waals surface area (Å²) in [5, 5.41) is 5.52. The van der Waals surface area contributed by atoms with Gasteiger partial charge in [0.05, 0.1) is 38.0 Å². The van der Waals surface area contributed by atoms with Crippen LogP contribution in [0.4, 0.5) is 0 Å². The van der Waals surface area contributed by atoms with Gasteiger partial charge >= 0.3 is 5.97 Å². The monoisotopic (exact) mass is 500 g/mol. The largest absolute Gasteiger partial charge is 0.497 e. The standard InChI is InChI=1S/C25H32N4O5S/c1-7-12-34-24(31)22-16(2)27-25-29(17(15-35-25)13-21(30)26-10-11-28(3)4)23(22)19-14-18(32-5)8-9-20(19)33-6/h7-9,14-15,23H,1,10-13H2,2-6H3,(H,26,30). The van der Waals surface area contributed by atoms with Gasteiger partial charge in [-0.25, -0.2) is 9.79 Å². The summed E-state index contributed by atoms with van der Waals surface area (Å²) in [6, 6.07) is 4.79. The molecule has 35 heavy (non-hydrogen) atoms. The molecule has 188 valence electrons. The molecule has 0 bridgehead atoms. The molecule has 1 aromatic carbocycles. The van der Waals surface area contributed by atoms with Gasteiger partial charge in [0.1, 0.15) is 18.1 Å². The van der Waals surface area contributed by atoms with E-state index < -0.39 is 12.0 Å². The van der Waals surface area contributed by atoms with Crippen molar-refractivity contribution in [3.63, 3.8) is 0 Å². The van der Waals surface area contributed by atoms with Crippen LogP contribution < -0.4 is 14.8 Å². The minimum atomic E-state index is -0.624.